The molecule has 1 nitrogen and oxygen atoms in total. The predicted octanol–water partition coefficient (Wildman–Crippen LogP) is 5.95. The van der Waals surface area contributed by atoms with Crippen LogP contribution in [0.15, 0.2) is 54.6 Å². The number of hydrogen-bond donors (Lipinski definition) is 0. The summed E-state index contributed by atoms with van der Waals surface area (Å²) in [6.45, 7) is 5.32. The van der Waals surface area contributed by atoms with Gasteiger partial charge in [-0.25, -0.2) is 0 Å². The van der Waals surface area contributed by atoms with Crippen LogP contribution in [-0.4, -0.2) is 6.61 Å². The van der Waals surface area contributed by atoms with Crippen LogP contribution in [0.4, 0.5) is 0 Å². The second-order valence-electron chi connectivity index (χ2n) is 5.59. The fourth-order valence-corrected chi connectivity index (χ4v) is 2.55. The van der Waals surface area contributed by atoms with Crippen molar-refractivity contribution in [1.29, 1.82) is 0 Å². The Bertz CT molecular complexity index is 518. The van der Waals surface area contributed by atoms with E-state index in [0.29, 0.717) is 5.92 Å². The van der Waals surface area contributed by atoms with Crippen molar-refractivity contribution in [3.05, 3.63) is 54.6 Å². The minimum absolute atomic E-state index is 0.661. The second-order valence-corrected chi connectivity index (χ2v) is 5.59. The molecule has 0 heterocycles. The molecule has 0 bridgehead atoms. The Balaban J connectivity index is 2.07. The molecule has 112 valence electrons. The summed E-state index contributed by atoms with van der Waals surface area (Å²) in [4.78, 5) is 0. The zero-order valence-corrected chi connectivity index (χ0v) is 13.2. The fourth-order valence-electron chi connectivity index (χ4n) is 2.55. The lowest BCUT2D eigenvalue weighted by Crippen LogP contribution is -2.11. The van der Waals surface area contributed by atoms with Gasteiger partial charge in [0, 0.05) is 5.56 Å². The second kappa shape index (κ2) is 8.51. The first-order chi connectivity index (χ1) is 10.3. The number of rotatable bonds is 8. The molecule has 0 aliphatic heterocycles. The molecule has 0 N–H and O–H groups in total. The van der Waals surface area contributed by atoms with Crippen molar-refractivity contribution in [1.82, 2.24) is 0 Å². The smallest absolute Gasteiger partial charge is 0.127 e. The van der Waals surface area contributed by atoms with Gasteiger partial charge >= 0.3 is 0 Å². The Hall–Kier alpha value is -1.76. The molecule has 21 heavy (non-hydrogen) atoms. The maximum atomic E-state index is 6.14. The third-order valence-electron chi connectivity index (χ3n) is 3.99. The standard InChI is InChI=1S/C20H26O/c1-3-5-11-17(4-2)16-21-20-15-10-9-14-19(20)18-12-7-6-8-13-18/h6-10,12-15,17H,3-5,11,16H2,1-2H3. The molecule has 0 amide bonds. The van der Waals surface area contributed by atoms with Crippen LogP contribution >= 0.6 is 0 Å². The van der Waals surface area contributed by atoms with E-state index in [1.165, 1.54) is 36.8 Å². The van der Waals surface area contributed by atoms with Crippen LogP contribution in [0.2, 0.25) is 0 Å². The lowest BCUT2D eigenvalue weighted by molar-refractivity contribution is 0.234. The summed E-state index contributed by atoms with van der Waals surface area (Å²) >= 11 is 0. The molecule has 0 aliphatic carbocycles. The van der Waals surface area contributed by atoms with Gasteiger partial charge in [0.25, 0.3) is 0 Å². The van der Waals surface area contributed by atoms with Crippen molar-refractivity contribution in [2.75, 3.05) is 6.61 Å². The van der Waals surface area contributed by atoms with Crippen molar-refractivity contribution in [3.8, 4) is 16.9 Å². The van der Waals surface area contributed by atoms with E-state index in [4.69, 9.17) is 4.74 Å². The molecule has 2 aromatic rings. The normalized spacial score (nSPS) is 12.1. The number of hydrogen-bond acceptors (Lipinski definition) is 1. The van der Waals surface area contributed by atoms with Crippen LogP contribution in [-0.2, 0) is 0 Å². The van der Waals surface area contributed by atoms with E-state index in [9.17, 15) is 0 Å². The summed E-state index contributed by atoms with van der Waals surface area (Å²) < 4.78 is 6.14. The molecule has 1 atom stereocenters. The minimum Gasteiger partial charge on any atom is -0.493 e. The molecule has 0 fully saturated rings. The molecular weight excluding hydrogens is 256 g/mol. The van der Waals surface area contributed by atoms with Gasteiger partial charge in [-0.3, -0.25) is 0 Å². The topological polar surface area (TPSA) is 9.23 Å². The van der Waals surface area contributed by atoms with Crippen molar-refractivity contribution in [3.63, 3.8) is 0 Å². The molecule has 2 rings (SSSR count). The van der Waals surface area contributed by atoms with Gasteiger partial charge < -0.3 is 4.74 Å². The zero-order valence-electron chi connectivity index (χ0n) is 13.2. The molecule has 0 saturated heterocycles. The summed E-state index contributed by atoms with van der Waals surface area (Å²) in [5, 5.41) is 0. The van der Waals surface area contributed by atoms with Crippen LogP contribution in [0.1, 0.15) is 39.5 Å². The first-order valence-corrected chi connectivity index (χ1v) is 8.12. The van der Waals surface area contributed by atoms with Gasteiger partial charge in [0.05, 0.1) is 6.61 Å². The van der Waals surface area contributed by atoms with Gasteiger partial charge in [-0.1, -0.05) is 81.6 Å². The predicted molar refractivity (Wildman–Crippen MR) is 90.7 cm³/mol. The van der Waals surface area contributed by atoms with Crippen molar-refractivity contribution in [2.24, 2.45) is 5.92 Å². The highest BCUT2D eigenvalue weighted by Crippen LogP contribution is 2.30. The fraction of sp³-hybridized carbons (Fsp3) is 0.400. The molecule has 2 aromatic carbocycles. The third-order valence-corrected chi connectivity index (χ3v) is 3.99. The average molecular weight is 282 g/mol. The van der Waals surface area contributed by atoms with E-state index < -0.39 is 0 Å². The van der Waals surface area contributed by atoms with Crippen LogP contribution in [0, 0.1) is 5.92 Å². The quantitative estimate of drug-likeness (QED) is 0.581. The Morgan fingerprint density at radius 2 is 1.62 bits per heavy atom. The highest BCUT2D eigenvalue weighted by molar-refractivity contribution is 5.70. The summed E-state index contributed by atoms with van der Waals surface area (Å²) in [6, 6.07) is 18.8. The zero-order chi connectivity index (χ0) is 14.9. The molecule has 1 unspecified atom stereocenters. The van der Waals surface area contributed by atoms with Crippen molar-refractivity contribution >= 4 is 0 Å². The molecule has 0 aromatic heterocycles. The first kappa shape index (κ1) is 15.6. The summed E-state index contributed by atoms with van der Waals surface area (Å²) in [7, 11) is 0. The molecule has 0 radical (unpaired) electrons. The highest BCUT2D eigenvalue weighted by Gasteiger charge is 2.10. The molecule has 1 heteroatoms. The Kier molecular flexibility index (Phi) is 6.33. The molecule has 0 spiro atoms. The number of benzene rings is 2. The monoisotopic (exact) mass is 282 g/mol. The molecular formula is C20H26O. The maximum Gasteiger partial charge on any atom is 0.127 e. The highest BCUT2D eigenvalue weighted by atomic mass is 16.5. The Morgan fingerprint density at radius 1 is 0.905 bits per heavy atom. The number of ether oxygens (including phenoxy) is 1. The maximum absolute atomic E-state index is 6.14. The first-order valence-electron chi connectivity index (χ1n) is 8.12. The van der Waals surface area contributed by atoms with E-state index in [-0.39, 0.29) is 0 Å². The van der Waals surface area contributed by atoms with Crippen molar-refractivity contribution in [2.45, 2.75) is 39.5 Å². The number of unbranched alkanes of at least 4 members (excludes halogenated alkanes) is 1. The third kappa shape index (κ3) is 4.63. The minimum atomic E-state index is 0.661. The summed E-state index contributed by atoms with van der Waals surface area (Å²) in [5.74, 6) is 1.66. The van der Waals surface area contributed by atoms with Gasteiger partial charge in [-0.05, 0) is 24.0 Å². The van der Waals surface area contributed by atoms with Crippen LogP contribution in [0.3, 0.4) is 0 Å². The van der Waals surface area contributed by atoms with E-state index in [2.05, 4.69) is 62.4 Å². The molecule has 0 aliphatic rings. The average Bonchev–Trinajstić information content (AvgIpc) is 2.56. The lowest BCUT2D eigenvalue weighted by Gasteiger charge is -2.17. The Labute approximate surface area is 129 Å². The van der Waals surface area contributed by atoms with Crippen molar-refractivity contribution < 1.29 is 4.74 Å². The van der Waals surface area contributed by atoms with E-state index in [0.717, 1.165) is 12.4 Å². The summed E-state index contributed by atoms with van der Waals surface area (Å²) in [5.41, 5.74) is 2.40. The summed E-state index contributed by atoms with van der Waals surface area (Å²) in [6.07, 6.45) is 5.01. The van der Waals surface area contributed by atoms with E-state index >= 15 is 0 Å². The van der Waals surface area contributed by atoms with Crippen LogP contribution in [0.5, 0.6) is 5.75 Å². The Morgan fingerprint density at radius 3 is 2.33 bits per heavy atom. The SMILES string of the molecule is CCCCC(CC)COc1ccccc1-c1ccccc1. The van der Waals surface area contributed by atoms with Gasteiger partial charge in [-0.15, -0.1) is 0 Å². The van der Waals surface area contributed by atoms with E-state index in [1.54, 1.807) is 0 Å². The van der Waals surface area contributed by atoms with Gasteiger partial charge in [0.2, 0.25) is 0 Å². The number of para-hydroxylation sites is 1. The van der Waals surface area contributed by atoms with E-state index in [1.807, 2.05) is 6.07 Å². The largest absolute Gasteiger partial charge is 0.493 e. The van der Waals surface area contributed by atoms with Crippen LogP contribution in [0.25, 0.3) is 11.1 Å². The lowest BCUT2D eigenvalue weighted by atomic mass is 10.0. The molecule has 0 saturated carbocycles. The van der Waals surface area contributed by atoms with Gasteiger partial charge in [0.1, 0.15) is 5.75 Å². The van der Waals surface area contributed by atoms with Gasteiger partial charge in [0.15, 0.2) is 0 Å². The van der Waals surface area contributed by atoms with Crippen LogP contribution < -0.4 is 4.74 Å². The van der Waals surface area contributed by atoms with Gasteiger partial charge in [-0.2, -0.15) is 0 Å².